The zero-order chi connectivity index (χ0) is 21.9. The molecule has 168 valence electrons. The van der Waals surface area contributed by atoms with Gasteiger partial charge in [0, 0.05) is 19.1 Å². The molecule has 7 nitrogen and oxygen atoms in total. The lowest BCUT2D eigenvalue weighted by atomic mass is 9.98. The lowest BCUT2D eigenvalue weighted by Gasteiger charge is -2.35. The van der Waals surface area contributed by atoms with E-state index in [2.05, 4.69) is 16.3 Å². The van der Waals surface area contributed by atoms with E-state index >= 15 is 0 Å². The van der Waals surface area contributed by atoms with Gasteiger partial charge in [0.1, 0.15) is 17.6 Å². The smallest absolute Gasteiger partial charge is 0.475 e. The number of hydrogen-bond acceptors (Lipinski definition) is 5. The maximum Gasteiger partial charge on any atom is 0.490 e. The Labute approximate surface area is 172 Å². The zero-order valence-corrected chi connectivity index (χ0v) is 16.8. The fraction of sp³-hybridized carbons (Fsp3) is 0.700. The number of furan rings is 1. The van der Waals surface area contributed by atoms with E-state index in [0.717, 1.165) is 50.4 Å². The predicted molar refractivity (Wildman–Crippen MR) is 99.6 cm³/mol. The van der Waals surface area contributed by atoms with E-state index in [1.54, 1.807) is 0 Å². The van der Waals surface area contributed by atoms with Gasteiger partial charge < -0.3 is 19.6 Å². The summed E-state index contributed by atoms with van der Waals surface area (Å²) in [6, 6.07) is 4.49. The number of ether oxygens (including phenoxy) is 1. The van der Waals surface area contributed by atoms with Crippen molar-refractivity contribution in [3.8, 4) is 0 Å². The van der Waals surface area contributed by atoms with Crippen molar-refractivity contribution in [1.29, 1.82) is 0 Å². The molecule has 3 heterocycles. The van der Waals surface area contributed by atoms with Crippen LogP contribution < -0.4 is 5.32 Å². The fourth-order valence-electron chi connectivity index (χ4n) is 3.85. The van der Waals surface area contributed by atoms with Crippen LogP contribution in [0.3, 0.4) is 0 Å². The Morgan fingerprint density at radius 1 is 1.20 bits per heavy atom. The summed E-state index contributed by atoms with van der Waals surface area (Å²) >= 11 is 0. The number of carboxylic acids is 1. The Balaban J connectivity index is 0.000000318. The van der Waals surface area contributed by atoms with Gasteiger partial charge in [0.05, 0.1) is 12.6 Å². The Kier molecular flexibility index (Phi) is 7.07. The van der Waals surface area contributed by atoms with Crippen LogP contribution in [0.25, 0.3) is 0 Å². The first-order valence-corrected chi connectivity index (χ1v) is 10.2. The second kappa shape index (κ2) is 9.38. The van der Waals surface area contributed by atoms with Gasteiger partial charge in [-0.2, -0.15) is 13.2 Å². The lowest BCUT2D eigenvalue weighted by Crippen LogP contribution is -2.47. The number of fused-ring (bicyclic) bond motifs is 1. The molecule has 2 saturated heterocycles. The standard InChI is InChI=1S/C18H26N2O3.C2HF3O2/c1-12-2-5-14(22-12)11-20-9-8-16-15(20)6-7-17(23-16)18(21)19-10-13-3-4-13;3-2(4,5)1(6)7/h2,5,13,15-17H,3-4,6-11H2,1H3,(H,19,21);(H,6,7)/t15-,16-,17+;/m1./s1. The second-order valence-corrected chi connectivity index (χ2v) is 8.07. The van der Waals surface area contributed by atoms with Gasteiger partial charge >= 0.3 is 12.1 Å². The van der Waals surface area contributed by atoms with Gasteiger partial charge in [-0.05, 0) is 57.1 Å². The highest BCUT2D eigenvalue weighted by molar-refractivity contribution is 5.80. The summed E-state index contributed by atoms with van der Waals surface area (Å²) in [5.41, 5.74) is 0. The molecular formula is C20H27F3N2O5. The number of carboxylic acid groups (broad SMARTS) is 1. The maximum atomic E-state index is 12.2. The van der Waals surface area contributed by atoms with Gasteiger partial charge in [-0.25, -0.2) is 4.79 Å². The topological polar surface area (TPSA) is 92.0 Å². The molecule has 2 N–H and O–H groups in total. The number of carbonyl (C=O) groups excluding carboxylic acids is 1. The molecule has 3 fully saturated rings. The number of amides is 1. The number of alkyl halides is 3. The SMILES string of the molecule is Cc1ccc(CN2CC[C@H]3O[C@H](C(=O)NCC4CC4)CC[C@H]32)o1.O=C(O)C(F)(F)F. The van der Waals surface area contributed by atoms with Gasteiger partial charge in [-0.3, -0.25) is 9.69 Å². The number of aryl methyl sites for hydroxylation is 1. The molecular weight excluding hydrogens is 405 g/mol. The Bertz CT molecular complexity index is 747. The third kappa shape index (κ3) is 6.21. The van der Waals surface area contributed by atoms with Crippen LogP contribution in [-0.2, 0) is 20.9 Å². The van der Waals surface area contributed by atoms with Crippen LogP contribution in [0.4, 0.5) is 13.2 Å². The summed E-state index contributed by atoms with van der Waals surface area (Å²) < 4.78 is 43.5. The van der Waals surface area contributed by atoms with Crippen molar-refractivity contribution >= 4 is 11.9 Å². The molecule has 4 rings (SSSR count). The summed E-state index contributed by atoms with van der Waals surface area (Å²) in [6.07, 6.45) is 0.251. The molecule has 1 saturated carbocycles. The molecule has 1 aromatic rings. The van der Waals surface area contributed by atoms with Gasteiger partial charge in [-0.15, -0.1) is 0 Å². The first-order chi connectivity index (χ1) is 14.1. The van der Waals surface area contributed by atoms with Crippen LogP contribution in [0, 0.1) is 12.8 Å². The van der Waals surface area contributed by atoms with E-state index in [1.807, 2.05) is 13.0 Å². The molecule has 1 aromatic heterocycles. The minimum Gasteiger partial charge on any atom is -0.475 e. The van der Waals surface area contributed by atoms with Crippen LogP contribution in [0.1, 0.15) is 43.6 Å². The van der Waals surface area contributed by atoms with Gasteiger partial charge in [0.2, 0.25) is 5.91 Å². The van der Waals surface area contributed by atoms with E-state index in [-0.39, 0.29) is 18.1 Å². The van der Waals surface area contributed by atoms with Gasteiger partial charge in [0.25, 0.3) is 0 Å². The molecule has 1 amide bonds. The number of aliphatic carboxylic acids is 1. The minimum atomic E-state index is -5.08. The molecule has 0 bridgehead atoms. The molecule has 0 spiro atoms. The first-order valence-electron chi connectivity index (χ1n) is 10.2. The number of rotatable bonds is 5. The van der Waals surface area contributed by atoms with Crippen molar-refractivity contribution in [3.63, 3.8) is 0 Å². The summed E-state index contributed by atoms with van der Waals surface area (Å²) in [6.45, 7) is 4.67. The normalized spacial score (nSPS) is 26.5. The van der Waals surface area contributed by atoms with Crippen LogP contribution >= 0.6 is 0 Å². The Morgan fingerprint density at radius 3 is 2.47 bits per heavy atom. The van der Waals surface area contributed by atoms with Gasteiger partial charge in [-0.1, -0.05) is 0 Å². The number of hydrogen-bond donors (Lipinski definition) is 2. The fourth-order valence-corrected chi connectivity index (χ4v) is 3.85. The quantitative estimate of drug-likeness (QED) is 0.744. The number of carbonyl (C=O) groups is 2. The highest BCUT2D eigenvalue weighted by atomic mass is 19.4. The van der Waals surface area contributed by atoms with Crippen molar-refractivity contribution in [3.05, 3.63) is 23.7 Å². The molecule has 10 heteroatoms. The average Bonchev–Trinajstić information content (AvgIpc) is 3.30. The third-order valence-corrected chi connectivity index (χ3v) is 5.61. The molecule has 2 aliphatic heterocycles. The number of nitrogens with zero attached hydrogens (tertiary/aromatic N) is 1. The van der Waals surface area contributed by atoms with Crippen molar-refractivity contribution in [2.45, 2.75) is 70.0 Å². The number of nitrogens with one attached hydrogen (secondary N) is 1. The van der Waals surface area contributed by atoms with Crippen LogP contribution in [0.5, 0.6) is 0 Å². The van der Waals surface area contributed by atoms with E-state index in [0.29, 0.717) is 12.0 Å². The maximum absolute atomic E-state index is 12.2. The summed E-state index contributed by atoms with van der Waals surface area (Å²) in [5.74, 6) is 0.0347. The minimum absolute atomic E-state index is 0.0930. The van der Waals surface area contributed by atoms with Crippen LogP contribution in [-0.4, -0.2) is 59.4 Å². The molecule has 0 aromatic carbocycles. The Hall–Kier alpha value is -2.07. The third-order valence-electron chi connectivity index (χ3n) is 5.61. The lowest BCUT2D eigenvalue weighted by molar-refractivity contribution is -0.192. The van der Waals surface area contributed by atoms with Crippen molar-refractivity contribution in [1.82, 2.24) is 10.2 Å². The Morgan fingerprint density at radius 2 is 1.90 bits per heavy atom. The molecule has 30 heavy (non-hydrogen) atoms. The summed E-state index contributed by atoms with van der Waals surface area (Å²) in [7, 11) is 0. The first kappa shape index (κ1) is 22.6. The van der Waals surface area contributed by atoms with Crippen LogP contribution in [0.2, 0.25) is 0 Å². The second-order valence-electron chi connectivity index (χ2n) is 8.07. The van der Waals surface area contributed by atoms with Crippen molar-refractivity contribution < 1.29 is 37.0 Å². The summed E-state index contributed by atoms with van der Waals surface area (Å²) in [5, 5.41) is 10.2. The van der Waals surface area contributed by atoms with E-state index in [1.165, 1.54) is 12.8 Å². The van der Waals surface area contributed by atoms with Crippen LogP contribution in [0.15, 0.2) is 16.5 Å². The highest BCUT2D eigenvalue weighted by Crippen LogP contribution is 2.33. The molecule has 1 aliphatic carbocycles. The average molecular weight is 432 g/mol. The van der Waals surface area contributed by atoms with E-state index in [9.17, 15) is 18.0 Å². The van der Waals surface area contributed by atoms with Crippen molar-refractivity contribution in [2.24, 2.45) is 5.92 Å². The molecule has 0 unspecified atom stereocenters. The largest absolute Gasteiger partial charge is 0.490 e. The molecule has 0 radical (unpaired) electrons. The highest BCUT2D eigenvalue weighted by Gasteiger charge is 2.42. The molecule has 3 aliphatic rings. The van der Waals surface area contributed by atoms with E-state index in [4.69, 9.17) is 19.1 Å². The summed E-state index contributed by atoms with van der Waals surface area (Å²) in [4.78, 5) is 23.6. The monoisotopic (exact) mass is 432 g/mol. The number of halogens is 3. The predicted octanol–water partition coefficient (Wildman–Crippen LogP) is 2.87. The van der Waals surface area contributed by atoms with Crippen molar-refractivity contribution in [2.75, 3.05) is 13.1 Å². The van der Waals surface area contributed by atoms with E-state index < -0.39 is 12.1 Å². The zero-order valence-electron chi connectivity index (χ0n) is 16.8. The van der Waals surface area contributed by atoms with Gasteiger partial charge in [0.15, 0.2) is 0 Å². The molecule has 3 atom stereocenters. The number of likely N-dealkylation sites (tertiary alicyclic amines) is 1.